The molecule has 0 aromatic heterocycles. The second kappa shape index (κ2) is 7.71. The van der Waals surface area contributed by atoms with Gasteiger partial charge in [-0.3, -0.25) is 0 Å². The van der Waals surface area contributed by atoms with Crippen LogP contribution in [0.25, 0.3) is 0 Å². The van der Waals surface area contributed by atoms with Crippen molar-refractivity contribution in [2.24, 2.45) is 0 Å². The van der Waals surface area contributed by atoms with Gasteiger partial charge in [0.25, 0.3) is 0 Å². The Hall–Kier alpha value is -0.190. The molecule has 0 aliphatic carbocycles. The molecule has 1 aromatic carbocycles. The average Bonchev–Trinajstić information content (AvgIpc) is 2.43. The molecule has 4 heteroatoms. The summed E-state index contributed by atoms with van der Waals surface area (Å²) in [7, 11) is 0. The van der Waals surface area contributed by atoms with Gasteiger partial charge in [-0.15, -0.1) is 0 Å². The molecule has 1 nitrogen and oxygen atoms in total. The van der Waals surface area contributed by atoms with E-state index >= 15 is 0 Å². The van der Waals surface area contributed by atoms with Crippen molar-refractivity contribution in [3.05, 3.63) is 35.1 Å². The molecule has 1 saturated heterocycles. The van der Waals surface area contributed by atoms with Gasteiger partial charge in [-0.05, 0) is 43.1 Å². The normalized spacial score (nSPS) is 24.6. The Labute approximate surface area is 130 Å². The van der Waals surface area contributed by atoms with Crippen molar-refractivity contribution in [3.8, 4) is 0 Å². The minimum absolute atomic E-state index is 0.121. The van der Waals surface area contributed by atoms with Crippen molar-refractivity contribution in [2.45, 2.75) is 43.7 Å². The van der Waals surface area contributed by atoms with Gasteiger partial charge in [0, 0.05) is 28.0 Å². The Kier molecular flexibility index (Phi) is 6.24. The van der Waals surface area contributed by atoms with Gasteiger partial charge in [0.15, 0.2) is 0 Å². The Morgan fingerprint density at radius 1 is 1.25 bits per heavy atom. The minimum atomic E-state index is -0.121. The lowest BCUT2D eigenvalue weighted by Gasteiger charge is -2.36. The van der Waals surface area contributed by atoms with Crippen molar-refractivity contribution >= 4 is 23.5 Å². The summed E-state index contributed by atoms with van der Waals surface area (Å²) in [6.45, 7) is 7.27. The van der Waals surface area contributed by atoms with Gasteiger partial charge in [-0.25, -0.2) is 4.39 Å². The van der Waals surface area contributed by atoms with E-state index in [1.54, 1.807) is 12.1 Å². The third-order valence-electron chi connectivity index (χ3n) is 3.67. The first-order valence-electron chi connectivity index (χ1n) is 7.39. The average molecular weight is 314 g/mol. The molecule has 3 unspecified atom stereocenters. The summed E-state index contributed by atoms with van der Waals surface area (Å²) in [4.78, 5) is 0. The monoisotopic (exact) mass is 313 g/mol. The van der Waals surface area contributed by atoms with Crippen LogP contribution in [0.3, 0.4) is 0 Å². The number of aryl methyl sites for hydroxylation is 1. The highest BCUT2D eigenvalue weighted by atomic mass is 32.2. The standard InChI is InChI=1S/C16H24FNS2/c1-4-14-16(20-7-6-19-14)15(18-5-2)12-8-11(3)9-13(17)10-12/h8-10,14-16,18H,4-7H2,1-3H3. The lowest BCUT2D eigenvalue weighted by Crippen LogP contribution is -2.38. The number of nitrogens with one attached hydrogen (secondary N) is 1. The molecule has 0 spiro atoms. The van der Waals surface area contributed by atoms with Gasteiger partial charge in [0.05, 0.1) is 0 Å². The fourth-order valence-corrected chi connectivity index (χ4v) is 6.09. The van der Waals surface area contributed by atoms with Crippen molar-refractivity contribution in [3.63, 3.8) is 0 Å². The van der Waals surface area contributed by atoms with Crippen LogP contribution in [0.1, 0.15) is 37.4 Å². The van der Waals surface area contributed by atoms with E-state index in [-0.39, 0.29) is 11.9 Å². The first-order chi connectivity index (χ1) is 9.65. The maximum absolute atomic E-state index is 13.7. The predicted molar refractivity (Wildman–Crippen MR) is 90.3 cm³/mol. The fourth-order valence-electron chi connectivity index (χ4n) is 2.83. The maximum Gasteiger partial charge on any atom is 0.123 e. The third-order valence-corrected chi connectivity index (χ3v) is 7.02. The van der Waals surface area contributed by atoms with Gasteiger partial charge in [0.1, 0.15) is 5.82 Å². The van der Waals surface area contributed by atoms with Crippen molar-refractivity contribution in [2.75, 3.05) is 18.1 Å². The SMILES string of the molecule is CCNC(c1cc(C)cc(F)c1)C1SCCSC1CC. The van der Waals surface area contributed by atoms with Gasteiger partial charge in [-0.1, -0.05) is 19.9 Å². The van der Waals surface area contributed by atoms with Gasteiger partial charge in [0.2, 0.25) is 0 Å². The highest BCUT2D eigenvalue weighted by molar-refractivity contribution is 8.07. The van der Waals surface area contributed by atoms with Gasteiger partial charge in [-0.2, -0.15) is 23.5 Å². The van der Waals surface area contributed by atoms with Crippen molar-refractivity contribution in [1.29, 1.82) is 0 Å². The lowest BCUT2D eigenvalue weighted by molar-refractivity contribution is 0.508. The molecule has 2 rings (SSSR count). The first-order valence-corrected chi connectivity index (χ1v) is 9.49. The van der Waals surface area contributed by atoms with Crippen LogP contribution in [-0.4, -0.2) is 28.6 Å². The van der Waals surface area contributed by atoms with Crippen LogP contribution in [0, 0.1) is 12.7 Å². The highest BCUT2D eigenvalue weighted by Crippen LogP contribution is 2.40. The second-order valence-corrected chi connectivity index (χ2v) is 7.88. The Morgan fingerprint density at radius 3 is 2.65 bits per heavy atom. The summed E-state index contributed by atoms with van der Waals surface area (Å²) >= 11 is 4.12. The van der Waals surface area contributed by atoms with E-state index in [2.05, 4.69) is 37.0 Å². The molecule has 0 bridgehead atoms. The quantitative estimate of drug-likeness (QED) is 0.864. The molecule has 1 aliphatic rings. The van der Waals surface area contributed by atoms with E-state index in [9.17, 15) is 4.39 Å². The van der Waals surface area contributed by atoms with Gasteiger partial charge < -0.3 is 5.32 Å². The van der Waals surface area contributed by atoms with E-state index in [0.29, 0.717) is 10.5 Å². The van der Waals surface area contributed by atoms with Crippen LogP contribution in [0.15, 0.2) is 18.2 Å². The molecule has 1 aromatic rings. The molecular weight excluding hydrogens is 289 g/mol. The predicted octanol–water partition coefficient (Wildman–Crippen LogP) is 4.41. The molecule has 0 radical (unpaired) electrons. The molecule has 0 amide bonds. The Bertz CT molecular complexity index is 418. The molecule has 1 aliphatic heterocycles. The molecule has 0 saturated carbocycles. The second-order valence-electron chi connectivity index (χ2n) is 5.25. The van der Waals surface area contributed by atoms with Crippen molar-refractivity contribution in [1.82, 2.24) is 5.32 Å². The summed E-state index contributed by atoms with van der Waals surface area (Å²) in [5.41, 5.74) is 2.10. The van der Waals surface area contributed by atoms with Crippen LogP contribution in [-0.2, 0) is 0 Å². The van der Waals surface area contributed by atoms with E-state index in [1.165, 1.54) is 17.9 Å². The van der Waals surface area contributed by atoms with E-state index < -0.39 is 0 Å². The number of hydrogen-bond acceptors (Lipinski definition) is 3. The van der Waals surface area contributed by atoms with E-state index in [4.69, 9.17) is 0 Å². The Morgan fingerprint density at radius 2 is 2.00 bits per heavy atom. The number of thioether (sulfide) groups is 2. The summed E-state index contributed by atoms with van der Waals surface area (Å²) < 4.78 is 13.7. The number of benzene rings is 1. The summed E-state index contributed by atoms with van der Waals surface area (Å²) in [5, 5.41) is 4.77. The van der Waals surface area contributed by atoms with Crippen LogP contribution < -0.4 is 5.32 Å². The van der Waals surface area contributed by atoms with Crippen LogP contribution in [0.5, 0.6) is 0 Å². The summed E-state index contributed by atoms with van der Waals surface area (Å²) in [5.74, 6) is 2.31. The summed E-state index contributed by atoms with van der Waals surface area (Å²) in [6, 6.07) is 5.68. The lowest BCUT2D eigenvalue weighted by atomic mass is 9.98. The minimum Gasteiger partial charge on any atom is -0.309 e. The number of halogens is 1. The molecular formula is C16H24FNS2. The highest BCUT2D eigenvalue weighted by Gasteiger charge is 2.32. The molecule has 20 heavy (non-hydrogen) atoms. The topological polar surface area (TPSA) is 12.0 Å². The summed E-state index contributed by atoms with van der Waals surface area (Å²) in [6.07, 6.45) is 1.18. The zero-order chi connectivity index (χ0) is 14.5. The molecule has 112 valence electrons. The molecule has 3 atom stereocenters. The smallest absolute Gasteiger partial charge is 0.123 e. The van der Waals surface area contributed by atoms with Crippen LogP contribution >= 0.6 is 23.5 Å². The van der Waals surface area contributed by atoms with Crippen LogP contribution in [0.2, 0.25) is 0 Å². The largest absolute Gasteiger partial charge is 0.309 e. The van der Waals surface area contributed by atoms with Gasteiger partial charge >= 0.3 is 0 Å². The third kappa shape index (κ3) is 3.92. The van der Waals surface area contributed by atoms with E-state index in [0.717, 1.165) is 17.7 Å². The Balaban J connectivity index is 2.28. The number of rotatable bonds is 5. The maximum atomic E-state index is 13.7. The van der Waals surface area contributed by atoms with E-state index in [1.807, 2.05) is 18.7 Å². The van der Waals surface area contributed by atoms with Crippen LogP contribution in [0.4, 0.5) is 4.39 Å². The molecule has 1 heterocycles. The molecule has 1 N–H and O–H groups in total. The van der Waals surface area contributed by atoms with Crippen molar-refractivity contribution < 1.29 is 4.39 Å². The first kappa shape index (κ1) is 16.2. The zero-order valence-electron chi connectivity index (χ0n) is 12.5. The molecule has 1 fully saturated rings. The number of hydrogen-bond donors (Lipinski definition) is 1. The zero-order valence-corrected chi connectivity index (χ0v) is 14.1. The fraction of sp³-hybridized carbons (Fsp3) is 0.625.